The number of nitro groups is 1. The zero-order chi connectivity index (χ0) is 7.84. The number of hydrogen-bond acceptors (Lipinski definition) is 6. The normalized spacial score (nSPS) is 25.6. The van der Waals surface area contributed by atoms with Crippen molar-refractivity contribution in [2.24, 2.45) is 15.0 Å². The Hall–Kier alpha value is -1.79. The summed E-state index contributed by atoms with van der Waals surface area (Å²) in [5, 5.41) is 10.1. The Morgan fingerprint density at radius 2 is 2.55 bits per heavy atom. The fourth-order valence-electron chi connectivity index (χ4n) is 0.742. The first kappa shape index (κ1) is 5.96. The summed E-state index contributed by atoms with van der Waals surface area (Å²) in [6, 6.07) is 0. The molecule has 2 aliphatic heterocycles. The van der Waals surface area contributed by atoms with E-state index in [1.807, 2.05) is 0 Å². The van der Waals surface area contributed by atoms with Gasteiger partial charge in [-0.25, -0.2) is 4.99 Å². The summed E-state index contributed by atoms with van der Waals surface area (Å²) in [4.78, 5) is 20.2. The Morgan fingerprint density at radius 1 is 1.73 bits per heavy atom. The summed E-state index contributed by atoms with van der Waals surface area (Å²) < 4.78 is 4.67. The number of fused-ring (bicyclic) bond motifs is 1. The van der Waals surface area contributed by atoms with Crippen LogP contribution >= 0.6 is 0 Å². The van der Waals surface area contributed by atoms with Crippen LogP contribution in [0.4, 0.5) is 0 Å². The molecular weight excluding hydrogens is 152 g/mol. The van der Waals surface area contributed by atoms with E-state index >= 15 is 0 Å². The van der Waals surface area contributed by atoms with E-state index in [1.54, 1.807) is 0 Å². The molecule has 0 saturated carbocycles. The minimum Gasteiger partial charge on any atom is -0.390 e. The molecule has 1 atom stereocenters. The van der Waals surface area contributed by atoms with Gasteiger partial charge in [0.25, 0.3) is 5.90 Å². The summed E-state index contributed by atoms with van der Waals surface area (Å²) in [7, 11) is 0. The van der Waals surface area contributed by atoms with E-state index < -0.39 is 11.3 Å². The van der Waals surface area contributed by atoms with Crippen LogP contribution in [-0.4, -0.2) is 29.3 Å². The maximum atomic E-state index is 10.1. The van der Waals surface area contributed by atoms with Gasteiger partial charge >= 0.3 is 6.35 Å². The van der Waals surface area contributed by atoms with Crippen molar-refractivity contribution in [3.05, 3.63) is 10.1 Å². The minimum atomic E-state index is -1.36. The molecule has 0 bridgehead atoms. The fourth-order valence-corrected chi connectivity index (χ4v) is 0.742. The third kappa shape index (κ3) is 0.775. The van der Waals surface area contributed by atoms with Crippen molar-refractivity contribution in [1.29, 1.82) is 0 Å². The lowest BCUT2D eigenvalue weighted by molar-refractivity contribution is -0.561. The molecule has 0 saturated heterocycles. The van der Waals surface area contributed by atoms with Gasteiger partial charge in [0.1, 0.15) is 6.34 Å². The highest BCUT2D eigenvalue weighted by Gasteiger charge is 2.34. The highest BCUT2D eigenvalue weighted by molar-refractivity contribution is 6.43. The van der Waals surface area contributed by atoms with Gasteiger partial charge in [-0.15, -0.1) is 4.99 Å². The number of amidine groups is 1. The van der Waals surface area contributed by atoms with Crippen LogP contribution in [0.25, 0.3) is 0 Å². The van der Waals surface area contributed by atoms with Crippen molar-refractivity contribution in [3.63, 3.8) is 0 Å². The van der Waals surface area contributed by atoms with Crippen molar-refractivity contribution >= 4 is 18.1 Å². The van der Waals surface area contributed by atoms with E-state index in [2.05, 4.69) is 19.7 Å². The second-order valence-electron chi connectivity index (χ2n) is 1.86. The fraction of sp³-hybridized carbons (Fsp3) is 0.250. The second kappa shape index (κ2) is 1.84. The molecule has 0 amide bonds. The first-order valence-electron chi connectivity index (χ1n) is 2.76. The quantitative estimate of drug-likeness (QED) is 0.373. The molecule has 2 aliphatic rings. The van der Waals surface area contributed by atoms with Crippen LogP contribution < -0.4 is 0 Å². The van der Waals surface area contributed by atoms with Crippen LogP contribution in [0.1, 0.15) is 0 Å². The third-order valence-corrected chi connectivity index (χ3v) is 1.18. The number of rotatable bonds is 1. The molecule has 0 radical (unpaired) electrons. The van der Waals surface area contributed by atoms with Crippen molar-refractivity contribution in [2.45, 2.75) is 6.35 Å². The molecule has 1 unspecified atom stereocenters. The predicted molar refractivity (Wildman–Crippen MR) is 35.2 cm³/mol. The Balaban J connectivity index is 2.27. The molecule has 0 spiro atoms. The number of nitrogens with zero attached hydrogens (tertiary/aromatic N) is 4. The first-order chi connectivity index (χ1) is 5.27. The molecule has 0 fully saturated rings. The predicted octanol–water partition coefficient (Wildman–Crippen LogP) is -0.584. The van der Waals surface area contributed by atoms with Crippen LogP contribution in [0.3, 0.4) is 0 Å². The average molecular weight is 154 g/mol. The Bertz CT molecular complexity index is 304. The maximum absolute atomic E-state index is 10.1. The molecule has 0 aliphatic carbocycles. The molecule has 2 heterocycles. The lowest BCUT2D eigenvalue weighted by Gasteiger charge is -1.95. The van der Waals surface area contributed by atoms with Gasteiger partial charge in [0.05, 0.1) is 4.92 Å². The van der Waals surface area contributed by atoms with Crippen LogP contribution in [0, 0.1) is 10.1 Å². The van der Waals surface area contributed by atoms with Crippen molar-refractivity contribution in [1.82, 2.24) is 0 Å². The highest BCUT2D eigenvalue weighted by atomic mass is 16.7. The zero-order valence-corrected chi connectivity index (χ0v) is 5.17. The summed E-state index contributed by atoms with van der Waals surface area (Å²) >= 11 is 0. The van der Waals surface area contributed by atoms with E-state index in [0.29, 0.717) is 0 Å². The van der Waals surface area contributed by atoms with E-state index in [4.69, 9.17) is 0 Å². The monoisotopic (exact) mass is 154 g/mol. The van der Waals surface area contributed by atoms with Crippen LogP contribution in [-0.2, 0) is 4.74 Å². The minimum absolute atomic E-state index is 0.131. The van der Waals surface area contributed by atoms with Crippen molar-refractivity contribution in [3.8, 4) is 0 Å². The summed E-state index contributed by atoms with van der Waals surface area (Å²) in [5.74, 6) is 0.332. The number of ether oxygens (including phenoxy) is 1. The van der Waals surface area contributed by atoms with Gasteiger partial charge in [-0.2, -0.15) is 4.99 Å². The second-order valence-corrected chi connectivity index (χ2v) is 1.86. The standard InChI is InChI=1S/C4H2N4O3/c9-8(10)4-7-2-3(11-4)6-1-5-2/h1,4H. The van der Waals surface area contributed by atoms with Crippen LogP contribution in [0.15, 0.2) is 15.0 Å². The molecule has 7 heteroatoms. The number of hydrogen-bond donors (Lipinski definition) is 0. The van der Waals surface area contributed by atoms with Gasteiger partial charge in [-0.05, 0) is 0 Å². The molecule has 0 aromatic carbocycles. The highest BCUT2D eigenvalue weighted by Crippen LogP contribution is 2.11. The lowest BCUT2D eigenvalue weighted by atomic mass is 10.6. The molecule has 2 rings (SSSR count). The topological polar surface area (TPSA) is 89.5 Å². The molecule has 0 aromatic heterocycles. The van der Waals surface area contributed by atoms with Gasteiger partial charge in [-0.1, -0.05) is 0 Å². The Kier molecular flexibility index (Phi) is 0.999. The molecule has 11 heavy (non-hydrogen) atoms. The number of aliphatic imine (C=N–C) groups is 3. The molecular formula is C4H2N4O3. The van der Waals surface area contributed by atoms with E-state index in [0.717, 1.165) is 0 Å². The van der Waals surface area contributed by atoms with E-state index in [1.165, 1.54) is 6.34 Å². The van der Waals surface area contributed by atoms with Crippen LogP contribution in [0.5, 0.6) is 0 Å². The van der Waals surface area contributed by atoms with Gasteiger partial charge in [0, 0.05) is 0 Å². The first-order valence-corrected chi connectivity index (χ1v) is 2.76. The van der Waals surface area contributed by atoms with Gasteiger partial charge in [0.15, 0.2) is 0 Å². The lowest BCUT2D eigenvalue weighted by Crippen LogP contribution is -2.18. The third-order valence-electron chi connectivity index (χ3n) is 1.18. The molecule has 0 N–H and O–H groups in total. The van der Waals surface area contributed by atoms with Gasteiger partial charge < -0.3 is 4.74 Å². The Labute approximate surface area is 60.3 Å². The van der Waals surface area contributed by atoms with Crippen molar-refractivity contribution in [2.75, 3.05) is 0 Å². The maximum Gasteiger partial charge on any atom is 0.461 e. The van der Waals surface area contributed by atoms with E-state index in [9.17, 15) is 10.1 Å². The SMILES string of the molecule is O=[N+]([O-])C1N=C2N=CN=C2O1. The summed E-state index contributed by atoms with van der Waals surface area (Å²) in [6.07, 6.45) is -0.120. The van der Waals surface area contributed by atoms with E-state index in [-0.39, 0.29) is 11.7 Å². The summed E-state index contributed by atoms with van der Waals surface area (Å²) in [5.41, 5.74) is 0. The molecule has 7 nitrogen and oxygen atoms in total. The van der Waals surface area contributed by atoms with Gasteiger partial charge in [-0.3, -0.25) is 10.1 Å². The molecule has 56 valence electrons. The van der Waals surface area contributed by atoms with Crippen LogP contribution in [0.2, 0.25) is 0 Å². The van der Waals surface area contributed by atoms with Crippen molar-refractivity contribution < 1.29 is 9.66 Å². The summed E-state index contributed by atoms with van der Waals surface area (Å²) in [6.45, 7) is 0. The average Bonchev–Trinajstić information content (AvgIpc) is 2.40. The smallest absolute Gasteiger partial charge is 0.390 e. The Morgan fingerprint density at radius 3 is 3.18 bits per heavy atom. The zero-order valence-electron chi connectivity index (χ0n) is 5.17. The molecule has 0 aromatic rings. The van der Waals surface area contributed by atoms with Gasteiger partial charge in [0.2, 0.25) is 5.84 Å². The largest absolute Gasteiger partial charge is 0.461 e.